The lowest BCUT2D eigenvalue weighted by molar-refractivity contribution is 0.0923. The van der Waals surface area contributed by atoms with Crippen LogP contribution in [0.3, 0.4) is 0 Å². The van der Waals surface area contributed by atoms with Crippen LogP contribution in [0.15, 0.2) is 24.3 Å². The summed E-state index contributed by atoms with van der Waals surface area (Å²) in [6.07, 6.45) is 3.55. The molecule has 0 fully saturated rings. The summed E-state index contributed by atoms with van der Waals surface area (Å²) in [4.78, 5) is 29.8. The second-order valence-electron chi connectivity index (χ2n) is 6.80. The smallest absolute Gasteiger partial charge is 0.287 e. The number of carbonyl (C=O) groups excluding carboxylic acids is 2. The average molecular weight is 370 g/mol. The maximum atomic E-state index is 12.8. The van der Waals surface area contributed by atoms with Crippen LogP contribution in [-0.2, 0) is 13.0 Å². The molecule has 7 heteroatoms. The molecule has 1 aromatic heterocycles. The van der Waals surface area contributed by atoms with E-state index in [1.807, 2.05) is 18.4 Å². The molecule has 2 aromatic rings. The Morgan fingerprint density at radius 3 is 2.63 bits per heavy atom. The van der Waals surface area contributed by atoms with E-state index in [2.05, 4.69) is 15.6 Å². The molecular formula is C20H26N4O3. The molecule has 0 spiro atoms. The zero-order valence-corrected chi connectivity index (χ0v) is 16.0. The molecule has 7 nitrogen and oxygen atoms in total. The minimum absolute atomic E-state index is 0.0608. The maximum Gasteiger partial charge on any atom is 0.287 e. The van der Waals surface area contributed by atoms with Gasteiger partial charge < -0.3 is 19.9 Å². The van der Waals surface area contributed by atoms with E-state index >= 15 is 0 Å². The number of hydrogen-bond donors (Lipinski definition) is 2. The third-order valence-corrected chi connectivity index (χ3v) is 4.87. The van der Waals surface area contributed by atoms with E-state index in [-0.39, 0.29) is 17.9 Å². The van der Waals surface area contributed by atoms with Gasteiger partial charge in [0, 0.05) is 18.3 Å². The predicted octanol–water partition coefficient (Wildman–Crippen LogP) is 3.01. The summed E-state index contributed by atoms with van der Waals surface area (Å²) in [6.45, 7) is 4.68. The number of hydrogen-bond acceptors (Lipinski definition) is 4. The van der Waals surface area contributed by atoms with Gasteiger partial charge in [0.1, 0.15) is 5.75 Å². The first-order valence-electron chi connectivity index (χ1n) is 9.39. The predicted molar refractivity (Wildman–Crippen MR) is 103 cm³/mol. The van der Waals surface area contributed by atoms with Gasteiger partial charge >= 0.3 is 0 Å². The number of methoxy groups -OCH3 is 1. The van der Waals surface area contributed by atoms with Crippen molar-refractivity contribution in [2.75, 3.05) is 12.4 Å². The van der Waals surface area contributed by atoms with E-state index in [4.69, 9.17) is 4.74 Å². The fourth-order valence-electron chi connectivity index (χ4n) is 3.15. The van der Waals surface area contributed by atoms with Crippen molar-refractivity contribution in [3.05, 3.63) is 41.5 Å². The van der Waals surface area contributed by atoms with Gasteiger partial charge in [-0.2, -0.15) is 0 Å². The van der Waals surface area contributed by atoms with Crippen LogP contribution in [0.1, 0.15) is 59.9 Å². The van der Waals surface area contributed by atoms with Crippen LogP contribution >= 0.6 is 0 Å². The van der Waals surface area contributed by atoms with Crippen LogP contribution in [0, 0.1) is 0 Å². The molecule has 144 valence electrons. The quantitative estimate of drug-likeness (QED) is 0.818. The van der Waals surface area contributed by atoms with Crippen molar-refractivity contribution in [1.82, 2.24) is 14.9 Å². The Balaban J connectivity index is 1.85. The highest BCUT2D eigenvalue weighted by molar-refractivity contribution is 6.05. The summed E-state index contributed by atoms with van der Waals surface area (Å²) < 4.78 is 7.02. The number of anilines is 1. The van der Waals surface area contributed by atoms with E-state index in [0.717, 1.165) is 37.1 Å². The Hall–Kier alpha value is -2.83. The first-order chi connectivity index (χ1) is 13.0. The van der Waals surface area contributed by atoms with Crippen molar-refractivity contribution in [1.29, 1.82) is 0 Å². The summed E-state index contributed by atoms with van der Waals surface area (Å²) in [7, 11) is 1.59. The summed E-state index contributed by atoms with van der Waals surface area (Å²) in [5, 5.41) is 5.80. The number of aromatic nitrogens is 2. The SMILES string of the molecule is CCC(C)NC(=O)c1nc(C(=O)Nc2ccc(OC)cc2)c2n1CCCC2. The molecule has 1 aromatic carbocycles. The van der Waals surface area contributed by atoms with E-state index in [1.165, 1.54) is 0 Å². The third kappa shape index (κ3) is 4.13. The maximum absolute atomic E-state index is 12.8. The Bertz CT molecular complexity index is 826. The zero-order chi connectivity index (χ0) is 19.4. The topological polar surface area (TPSA) is 85.2 Å². The minimum Gasteiger partial charge on any atom is -0.497 e. The van der Waals surface area contributed by atoms with Crippen molar-refractivity contribution < 1.29 is 14.3 Å². The molecule has 1 aliphatic rings. The molecule has 0 bridgehead atoms. The van der Waals surface area contributed by atoms with Gasteiger partial charge in [-0.1, -0.05) is 6.92 Å². The highest BCUT2D eigenvalue weighted by Gasteiger charge is 2.27. The van der Waals surface area contributed by atoms with Crippen LogP contribution < -0.4 is 15.4 Å². The molecule has 1 atom stereocenters. The molecule has 0 saturated carbocycles. The third-order valence-electron chi connectivity index (χ3n) is 4.87. The Morgan fingerprint density at radius 1 is 1.22 bits per heavy atom. The first kappa shape index (κ1) is 18.9. The van der Waals surface area contributed by atoms with Crippen molar-refractivity contribution in [3.63, 3.8) is 0 Å². The second-order valence-corrected chi connectivity index (χ2v) is 6.80. The molecule has 0 aliphatic carbocycles. The lowest BCUT2D eigenvalue weighted by Crippen LogP contribution is -2.34. The Kier molecular flexibility index (Phi) is 5.78. The normalized spacial score (nSPS) is 14.2. The van der Waals surface area contributed by atoms with Crippen LogP contribution in [-0.4, -0.2) is 34.5 Å². The second kappa shape index (κ2) is 8.24. The Morgan fingerprint density at radius 2 is 1.96 bits per heavy atom. The number of rotatable bonds is 6. The van der Waals surface area contributed by atoms with E-state index < -0.39 is 0 Å². The summed E-state index contributed by atoms with van der Waals surface area (Å²) in [5.74, 6) is 0.519. The molecule has 2 N–H and O–H groups in total. The highest BCUT2D eigenvalue weighted by atomic mass is 16.5. The number of carbonyl (C=O) groups is 2. The van der Waals surface area contributed by atoms with Crippen molar-refractivity contribution in [3.8, 4) is 5.75 Å². The standard InChI is InChI=1S/C20H26N4O3/c1-4-13(2)21-20(26)18-23-17(16-7-5-6-12-24(16)18)19(25)22-14-8-10-15(27-3)11-9-14/h8-11,13H,4-7,12H2,1-3H3,(H,21,26)(H,22,25). The van der Waals surface area contributed by atoms with Gasteiger partial charge in [0.2, 0.25) is 0 Å². The number of nitrogens with zero attached hydrogens (tertiary/aromatic N) is 2. The average Bonchev–Trinajstić information content (AvgIpc) is 3.08. The highest BCUT2D eigenvalue weighted by Crippen LogP contribution is 2.23. The molecule has 0 radical (unpaired) electrons. The number of benzene rings is 1. The van der Waals surface area contributed by atoms with Gasteiger partial charge in [-0.15, -0.1) is 0 Å². The number of nitrogens with one attached hydrogen (secondary N) is 2. The van der Waals surface area contributed by atoms with Gasteiger partial charge in [0.25, 0.3) is 11.8 Å². The molecule has 27 heavy (non-hydrogen) atoms. The van der Waals surface area contributed by atoms with E-state index in [9.17, 15) is 9.59 Å². The molecule has 0 saturated heterocycles. The minimum atomic E-state index is -0.298. The monoisotopic (exact) mass is 370 g/mol. The van der Waals surface area contributed by atoms with Crippen LogP contribution in [0.4, 0.5) is 5.69 Å². The number of ether oxygens (including phenoxy) is 1. The van der Waals surface area contributed by atoms with Crippen molar-refractivity contribution in [2.45, 2.75) is 52.1 Å². The first-order valence-corrected chi connectivity index (χ1v) is 9.39. The van der Waals surface area contributed by atoms with Gasteiger partial charge in [-0.25, -0.2) is 4.98 Å². The van der Waals surface area contributed by atoms with Crippen molar-refractivity contribution >= 4 is 17.5 Å². The lowest BCUT2D eigenvalue weighted by atomic mass is 10.1. The molecule has 2 heterocycles. The van der Waals surface area contributed by atoms with Gasteiger partial charge in [0.15, 0.2) is 11.5 Å². The van der Waals surface area contributed by atoms with Gasteiger partial charge in [-0.05, 0) is 56.9 Å². The van der Waals surface area contributed by atoms with Crippen LogP contribution in [0.5, 0.6) is 5.75 Å². The fourth-order valence-corrected chi connectivity index (χ4v) is 3.15. The number of imidazole rings is 1. The van der Waals surface area contributed by atoms with Gasteiger partial charge in [0.05, 0.1) is 12.8 Å². The zero-order valence-electron chi connectivity index (χ0n) is 16.0. The van der Waals surface area contributed by atoms with Crippen LogP contribution in [0.25, 0.3) is 0 Å². The number of fused-ring (bicyclic) bond motifs is 1. The molecule has 1 unspecified atom stereocenters. The van der Waals surface area contributed by atoms with Crippen molar-refractivity contribution in [2.24, 2.45) is 0 Å². The Labute approximate surface area is 159 Å². The lowest BCUT2D eigenvalue weighted by Gasteiger charge is -2.18. The molecule has 1 aliphatic heterocycles. The summed E-state index contributed by atoms with van der Waals surface area (Å²) in [6, 6.07) is 7.17. The molecule has 2 amide bonds. The number of amides is 2. The van der Waals surface area contributed by atoms with E-state index in [0.29, 0.717) is 23.8 Å². The van der Waals surface area contributed by atoms with E-state index in [1.54, 1.807) is 31.4 Å². The summed E-state index contributed by atoms with van der Waals surface area (Å²) in [5.41, 5.74) is 1.82. The van der Waals surface area contributed by atoms with Gasteiger partial charge in [-0.3, -0.25) is 9.59 Å². The molecule has 3 rings (SSSR count). The largest absolute Gasteiger partial charge is 0.497 e. The summed E-state index contributed by atoms with van der Waals surface area (Å²) >= 11 is 0. The van der Waals surface area contributed by atoms with Crippen LogP contribution in [0.2, 0.25) is 0 Å². The fraction of sp³-hybridized carbons (Fsp3) is 0.450. The molecular weight excluding hydrogens is 344 g/mol.